The Morgan fingerprint density at radius 1 is 1.12 bits per heavy atom. The monoisotopic (exact) mass is 220 g/mol. The number of hydrogen-bond acceptors (Lipinski definition) is 1. The highest BCUT2D eigenvalue weighted by atomic mass is 16.3. The second kappa shape index (κ2) is 6.57. The van der Waals surface area contributed by atoms with Crippen LogP contribution in [0.3, 0.4) is 0 Å². The van der Waals surface area contributed by atoms with Crippen LogP contribution in [0, 0.1) is 0 Å². The van der Waals surface area contributed by atoms with Gasteiger partial charge in [0.1, 0.15) is 5.75 Å². The Morgan fingerprint density at radius 3 is 2.50 bits per heavy atom. The van der Waals surface area contributed by atoms with Crippen LogP contribution in [-0.2, 0) is 6.42 Å². The van der Waals surface area contributed by atoms with Gasteiger partial charge in [0, 0.05) is 0 Å². The molecule has 1 N–H and O–H groups in total. The number of hydrogen-bond donors (Lipinski definition) is 1. The fourth-order valence-electron chi connectivity index (χ4n) is 1.98. The van der Waals surface area contributed by atoms with Crippen LogP contribution in [0.25, 0.3) is 0 Å². The summed E-state index contributed by atoms with van der Waals surface area (Å²) in [4.78, 5) is 0. The van der Waals surface area contributed by atoms with Crippen molar-refractivity contribution in [2.24, 2.45) is 0 Å². The summed E-state index contributed by atoms with van der Waals surface area (Å²) < 4.78 is 0. The Bertz CT molecular complexity index is 315. The molecule has 0 heterocycles. The molecule has 0 saturated carbocycles. The van der Waals surface area contributed by atoms with Gasteiger partial charge in [0.05, 0.1) is 0 Å². The largest absolute Gasteiger partial charge is 0.508 e. The minimum absolute atomic E-state index is 0.399. The first-order chi connectivity index (χ1) is 7.65. The van der Waals surface area contributed by atoms with E-state index in [1.165, 1.54) is 31.2 Å². The van der Waals surface area contributed by atoms with Crippen LogP contribution in [0.5, 0.6) is 5.75 Å². The quantitative estimate of drug-likeness (QED) is 0.692. The normalized spacial score (nSPS) is 11.0. The van der Waals surface area contributed by atoms with Crippen LogP contribution in [0.1, 0.15) is 63.5 Å². The molecule has 90 valence electrons. The summed E-state index contributed by atoms with van der Waals surface area (Å²) in [6.45, 7) is 6.48. The van der Waals surface area contributed by atoms with Crippen molar-refractivity contribution in [3.8, 4) is 5.75 Å². The lowest BCUT2D eigenvalue weighted by Gasteiger charge is -2.10. The molecule has 0 aliphatic heterocycles. The van der Waals surface area contributed by atoms with Gasteiger partial charge in [-0.15, -0.1) is 0 Å². The van der Waals surface area contributed by atoms with Gasteiger partial charge in [-0.25, -0.2) is 0 Å². The van der Waals surface area contributed by atoms with E-state index in [0.717, 1.165) is 12.0 Å². The maximum atomic E-state index is 9.72. The van der Waals surface area contributed by atoms with Crippen molar-refractivity contribution in [3.05, 3.63) is 29.3 Å². The van der Waals surface area contributed by atoms with Crippen LogP contribution < -0.4 is 0 Å². The summed E-state index contributed by atoms with van der Waals surface area (Å²) in [5.41, 5.74) is 2.44. The molecule has 0 aromatic heterocycles. The average Bonchev–Trinajstić information content (AvgIpc) is 2.26. The van der Waals surface area contributed by atoms with Crippen LogP contribution in [-0.4, -0.2) is 5.11 Å². The molecule has 0 bridgehead atoms. The first-order valence-corrected chi connectivity index (χ1v) is 6.47. The molecule has 0 radical (unpaired) electrons. The lowest BCUT2D eigenvalue weighted by molar-refractivity contribution is 0.464. The van der Waals surface area contributed by atoms with Gasteiger partial charge in [0.15, 0.2) is 0 Å². The van der Waals surface area contributed by atoms with Crippen LogP contribution in [0.2, 0.25) is 0 Å². The van der Waals surface area contributed by atoms with Gasteiger partial charge in [0.25, 0.3) is 0 Å². The molecule has 1 rings (SSSR count). The Morgan fingerprint density at radius 2 is 1.88 bits per heavy atom. The summed E-state index contributed by atoms with van der Waals surface area (Å²) in [7, 11) is 0. The van der Waals surface area contributed by atoms with Gasteiger partial charge in [-0.2, -0.15) is 0 Å². The van der Waals surface area contributed by atoms with E-state index in [9.17, 15) is 5.11 Å². The van der Waals surface area contributed by atoms with Crippen molar-refractivity contribution in [1.82, 2.24) is 0 Å². The summed E-state index contributed by atoms with van der Waals surface area (Å²) >= 11 is 0. The molecule has 0 fully saturated rings. The summed E-state index contributed by atoms with van der Waals surface area (Å²) in [6.07, 6.45) is 6.33. The minimum atomic E-state index is 0.399. The third-order valence-electron chi connectivity index (χ3n) is 3.03. The van der Waals surface area contributed by atoms with Gasteiger partial charge in [-0.1, -0.05) is 52.2 Å². The number of rotatable bonds is 6. The first-order valence-electron chi connectivity index (χ1n) is 6.47. The van der Waals surface area contributed by atoms with Gasteiger partial charge in [0.2, 0.25) is 0 Å². The number of unbranched alkanes of at least 4 members (excludes halogenated alkanes) is 3. The van der Waals surface area contributed by atoms with E-state index in [1.807, 2.05) is 12.1 Å². The molecule has 1 aromatic carbocycles. The highest BCUT2D eigenvalue weighted by Crippen LogP contribution is 2.26. The van der Waals surface area contributed by atoms with Gasteiger partial charge in [-0.3, -0.25) is 0 Å². The fourth-order valence-corrected chi connectivity index (χ4v) is 1.98. The second-order valence-electron chi connectivity index (χ2n) is 4.86. The van der Waals surface area contributed by atoms with Gasteiger partial charge >= 0.3 is 0 Å². The van der Waals surface area contributed by atoms with Crippen molar-refractivity contribution in [2.75, 3.05) is 0 Å². The standard InChI is InChI=1S/C15H24O/c1-4-5-6-7-8-13-9-10-15(16)14(11-13)12(2)3/h9-12,16H,4-8H2,1-3H3. The molecular formula is C15H24O. The van der Waals surface area contributed by atoms with Crippen LogP contribution in [0.4, 0.5) is 0 Å². The number of benzene rings is 1. The van der Waals surface area contributed by atoms with Crippen molar-refractivity contribution in [3.63, 3.8) is 0 Å². The second-order valence-corrected chi connectivity index (χ2v) is 4.86. The van der Waals surface area contributed by atoms with E-state index in [-0.39, 0.29) is 0 Å². The third-order valence-corrected chi connectivity index (χ3v) is 3.03. The SMILES string of the molecule is CCCCCCc1ccc(O)c(C(C)C)c1. The van der Waals surface area contributed by atoms with E-state index in [0.29, 0.717) is 11.7 Å². The lowest BCUT2D eigenvalue weighted by Crippen LogP contribution is -1.92. The van der Waals surface area contributed by atoms with Crippen molar-refractivity contribution in [2.45, 2.75) is 58.8 Å². The first kappa shape index (κ1) is 13.1. The molecule has 0 aliphatic rings. The smallest absolute Gasteiger partial charge is 0.119 e. The van der Waals surface area contributed by atoms with Crippen molar-refractivity contribution < 1.29 is 5.11 Å². The van der Waals surface area contributed by atoms with Gasteiger partial charge < -0.3 is 5.11 Å². The Balaban J connectivity index is 2.57. The average molecular weight is 220 g/mol. The topological polar surface area (TPSA) is 20.2 Å². The van der Waals surface area contributed by atoms with E-state index >= 15 is 0 Å². The van der Waals surface area contributed by atoms with E-state index < -0.39 is 0 Å². The zero-order valence-corrected chi connectivity index (χ0v) is 10.8. The number of phenolic OH excluding ortho intramolecular Hbond substituents is 1. The fraction of sp³-hybridized carbons (Fsp3) is 0.600. The highest BCUT2D eigenvalue weighted by Gasteiger charge is 2.06. The van der Waals surface area contributed by atoms with E-state index in [4.69, 9.17) is 0 Å². The Labute approximate surface area is 99.5 Å². The zero-order valence-electron chi connectivity index (χ0n) is 10.8. The zero-order chi connectivity index (χ0) is 12.0. The molecule has 0 atom stereocenters. The van der Waals surface area contributed by atoms with Gasteiger partial charge in [-0.05, 0) is 36.0 Å². The molecule has 0 unspecified atom stereocenters. The van der Waals surface area contributed by atoms with Crippen LogP contribution in [0.15, 0.2) is 18.2 Å². The molecule has 16 heavy (non-hydrogen) atoms. The molecule has 1 nitrogen and oxygen atoms in total. The molecule has 1 aromatic rings. The maximum Gasteiger partial charge on any atom is 0.119 e. The molecule has 0 amide bonds. The van der Waals surface area contributed by atoms with Crippen LogP contribution >= 0.6 is 0 Å². The Kier molecular flexibility index (Phi) is 5.37. The molecule has 0 aliphatic carbocycles. The molecule has 0 saturated heterocycles. The van der Waals surface area contributed by atoms with E-state index in [2.05, 4.69) is 26.8 Å². The minimum Gasteiger partial charge on any atom is -0.508 e. The predicted molar refractivity (Wildman–Crippen MR) is 70.0 cm³/mol. The number of aromatic hydroxyl groups is 1. The predicted octanol–water partition coefficient (Wildman–Crippen LogP) is 4.64. The Hall–Kier alpha value is -0.980. The van der Waals surface area contributed by atoms with Crippen molar-refractivity contribution >= 4 is 0 Å². The van der Waals surface area contributed by atoms with Crippen molar-refractivity contribution in [1.29, 1.82) is 0 Å². The summed E-state index contributed by atoms with van der Waals surface area (Å²) in [5.74, 6) is 0.836. The molecule has 0 spiro atoms. The lowest BCUT2D eigenvalue weighted by atomic mass is 9.97. The number of phenols is 1. The summed E-state index contributed by atoms with van der Waals surface area (Å²) in [6, 6.07) is 6.05. The molecular weight excluding hydrogens is 196 g/mol. The summed E-state index contributed by atoms with van der Waals surface area (Å²) in [5, 5.41) is 9.72. The molecule has 1 heteroatoms. The highest BCUT2D eigenvalue weighted by molar-refractivity contribution is 5.38. The van der Waals surface area contributed by atoms with E-state index in [1.54, 1.807) is 0 Å². The number of aryl methyl sites for hydroxylation is 1. The maximum absolute atomic E-state index is 9.72. The third kappa shape index (κ3) is 3.88.